The van der Waals surface area contributed by atoms with Crippen molar-refractivity contribution in [3.05, 3.63) is 48.0 Å². The van der Waals surface area contributed by atoms with E-state index in [1.807, 2.05) is 6.92 Å². The normalized spacial score (nSPS) is 11.0. The predicted molar refractivity (Wildman–Crippen MR) is 99.4 cm³/mol. The number of ether oxygens (including phenoxy) is 2. The number of benzene rings is 2. The van der Waals surface area contributed by atoms with Crippen molar-refractivity contribution in [3.8, 4) is 11.5 Å². The maximum atomic E-state index is 12.5. The lowest BCUT2D eigenvalue weighted by molar-refractivity contribution is 0.102. The first kappa shape index (κ1) is 19.7. The van der Waals surface area contributed by atoms with Gasteiger partial charge in [-0.15, -0.1) is 0 Å². The molecule has 2 aromatic carbocycles. The van der Waals surface area contributed by atoms with Crippen LogP contribution in [0.4, 0.5) is 5.69 Å². The molecule has 0 aliphatic heterocycles. The van der Waals surface area contributed by atoms with Crippen LogP contribution < -0.4 is 19.5 Å². The first-order valence-corrected chi connectivity index (χ1v) is 9.52. The number of sulfonamides is 1. The van der Waals surface area contributed by atoms with Crippen molar-refractivity contribution >= 4 is 21.6 Å². The molecule has 2 rings (SSSR count). The summed E-state index contributed by atoms with van der Waals surface area (Å²) in [6.45, 7) is 2.16. The van der Waals surface area contributed by atoms with E-state index in [9.17, 15) is 13.2 Å². The Morgan fingerprint density at radius 3 is 2.31 bits per heavy atom. The molecule has 0 spiro atoms. The molecule has 2 N–H and O–H groups in total. The van der Waals surface area contributed by atoms with Gasteiger partial charge in [-0.05, 0) is 48.9 Å². The quantitative estimate of drug-likeness (QED) is 0.736. The molecule has 0 aliphatic rings. The Hall–Kier alpha value is -2.58. The molecule has 1 amide bonds. The van der Waals surface area contributed by atoms with E-state index in [0.717, 1.165) is 0 Å². The van der Waals surface area contributed by atoms with Gasteiger partial charge in [-0.2, -0.15) is 0 Å². The van der Waals surface area contributed by atoms with Crippen molar-refractivity contribution in [3.63, 3.8) is 0 Å². The molecule has 0 unspecified atom stereocenters. The van der Waals surface area contributed by atoms with Crippen LogP contribution in [0.5, 0.6) is 11.5 Å². The fourth-order valence-electron chi connectivity index (χ4n) is 2.22. The lowest BCUT2D eigenvalue weighted by Gasteiger charge is -2.12. The van der Waals surface area contributed by atoms with Crippen LogP contribution in [0.1, 0.15) is 23.7 Å². The fourth-order valence-corrected chi connectivity index (χ4v) is 3.55. The highest BCUT2D eigenvalue weighted by Crippen LogP contribution is 2.25. The van der Waals surface area contributed by atoms with E-state index < -0.39 is 15.9 Å². The van der Waals surface area contributed by atoms with E-state index in [-0.39, 0.29) is 16.2 Å². The Balaban J connectivity index is 2.28. The lowest BCUT2D eigenvalue weighted by Crippen LogP contribution is -2.25. The maximum absolute atomic E-state index is 12.5. The molecule has 26 heavy (non-hydrogen) atoms. The minimum Gasteiger partial charge on any atom is -0.497 e. The van der Waals surface area contributed by atoms with Crippen LogP contribution in [0.15, 0.2) is 47.4 Å². The smallest absolute Gasteiger partial charge is 0.255 e. The third-order valence-electron chi connectivity index (χ3n) is 3.61. The number of nitrogens with one attached hydrogen (secondary N) is 2. The van der Waals surface area contributed by atoms with E-state index >= 15 is 0 Å². The first-order valence-electron chi connectivity index (χ1n) is 8.04. The molecule has 0 heterocycles. The van der Waals surface area contributed by atoms with Crippen molar-refractivity contribution in [1.29, 1.82) is 0 Å². The second-order valence-electron chi connectivity index (χ2n) is 5.45. The number of hydrogen-bond donors (Lipinski definition) is 2. The zero-order valence-electron chi connectivity index (χ0n) is 14.9. The third kappa shape index (κ3) is 4.74. The van der Waals surface area contributed by atoms with Gasteiger partial charge in [0.25, 0.3) is 5.91 Å². The maximum Gasteiger partial charge on any atom is 0.255 e. The summed E-state index contributed by atoms with van der Waals surface area (Å²) in [5, 5.41) is 2.72. The molecule has 0 saturated heterocycles. The van der Waals surface area contributed by atoms with E-state index in [4.69, 9.17) is 9.47 Å². The molecular weight excluding hydrogens is 356 g/mol. The third-order valence-corrected chi connectivity index (χ3v) is 5.09. The summed E-state index contributed by atoms with van der Waals surface area (Å²) < 4.78 is 37.5. The average Bonchev–Trinajstić information content (AvgIpc) is 2.66. The van der Waals surface area contributed by atoms with Crippen molar-refractivity contribution in [2.24, 2.45) is 0 Å². The summed E-state index contributed by atoms with van der Waals surface area (Å²) in [5.74, 6) is 0.419. The number of rotatable bonds is 8. The summed E-state index contributed by atoms with van der Waals surface area (Å²) in [4.78, 5) is 12.4. The zero-order chi connectivity index (χ0) is 19.2. The van der Waals surface area contributed by atoms with Gasteiger partial charge in [0.05, 0.1) is 14.2 Å². The van der Waals surface area contributed by atoms with Gasteiger partial charge in [0, 0.05) is 17.8 Å². The largest absolute Gasteiger partial charge is 0.497 e. The van der Waals surface area contributed by atoms with Crippen LogP contribution in [0.3, 0.4) is 0 Å². The van der Waals surface area contributed by atoms with Crippen molar-refractivity contribution < 1.29 is 22.7 Å². The fraction of sp³-hybridized carbons (Fsp3) is 0.278. The van der Waals surface area contributed by atoms with Crippen LogP contribution in [-0.4, -0.2) is 35.1 Å². The second kappa shape index (κ2) is 8.68. The molecule has 7 nitrogen and oxygen atoms in total. The standard InChI is InChI=1S/C18H22N2O5S/c1-4-11-19-26(22,23)17-12-13(5-10-16(17)25-3)18(21)20-14-6-8-15(24-2)9-7-14/h5-10,12,19H,4,11H2,1-3H3,(H,20,21). The van der Waals surface area contributed by atoms with Crippen LogP contribution in [0.25, 0.3) is 0 Å². The zero-order valence-corrected chi connectivity index (χ0v) is 15.7. The van der Waals surface area contributed by atoms with Crippen LogP contribution in [0, 0.1) is 0 Å². The van der Waals surface area contributed by atoms with Crippen molar-refractivity contribution in [2.45, 2.75) is 18.2 Å². The minimum absolute atomic E-state index is 0.0733. The van der Waals surface area contributed by atoms with Crippen LogP contribution in [-0.2, 0) is 10.0 Å². The number of hydrogen-bond acceptors (Lipinski definition) is 5. The molecule has 0 atom stereocenters. The molecule has 0 radical (unpaired) electrons. The molecule has 0 aromatic heterocycles. The molecule has 2 aromatic rings. The first-order chi connectivity index (χ1) is 12.4. The average molecular weight is 378 g/mol. The molecule has 0 aliphatic carbocycles. The number of carbonyl (C=O) groups excluding carboxylic acids is 1. The molecule has 0 saturated carbocycles. The topological polar surface area (TPSA) is 93.7 Å². The summed E-state index contributed by atoms with van der Waals surface area (Å²) in [7, 11) is -0.839. The van der Waals surface area contributed by atoms with E-state index in [1.54, 1.807) is 31.4 Å². The Kier molecular flexibility index (Phi) is 6.59. The monoisotopic (exact) mass is 378 g/mol. The Morgan fingerprint density at radius 1 is 1.04 bits per heavy atom. The Labute approximate surface area is 153 Å². The van der Waals surface area contributed by atoms with E-state index in [0.29, 0.717) is 24.4 Å². The van der Waals surface area contributed by atoms with Crippen LogP contribution in [0.2, 0.25) is 0 Å². The predicted octanol–water partition coefficient (Wildman–Crippen LogP) is 2.64. The summed E-state index contributed by atoms with van der Waals surface area (Å²) in [5.41, 5.74) is 0.777. The van der Waals surface area contributed by atoms with Gasteiger partial charge >= 0.3 is 0 Å². The van der Waals surface area contributed by atoms with Crippen molar-refractivity contribution in [1.82, 2.24) is 4.72 Å². The van der Waals surface area contributed by atoms with Gasteiger partial charge in [0.2, 0.25) is 10.0 Å². The highest BCUT2D eigenvalue weighted by atomic mass is 32.2. The lowest BCUT2D eigenvalue weighted by atomic mass is 10.2. The number of amides is 1. The summed E-state index contributed by atoms with van der Waals surface area (Å²) in [6.07, 6.45) is 0.652. The number of methoxy groups -OCH3 is 2. The summed E-state index contributed by atoms with van der Waals surface area (Å²) >= 11 is 0. The Bertz CT molecular complexity index is 864. The number of anilines is 1. The molecule has 0 bridgehead atoms. The number of carbonyl (C=O) groups is 1. The molecule has 0 fully saturated rings. The SMILES string of the molecule is CCCNS(=O)(=O)c1cc(C(=O)Nc2ccc(OC)cc2)ccc1OC. The summed E-state index contributed by atoms with van der Waals surface area (Å²) in [6, 6.07) is 11.1. The van der Waals surface area contributed by atoms with Gasteiger partial charge in [-0.1, -0.05) is 6.92 Å². The van der Waals surface area contributed by atoms with E-state index in [2.05, 4.69) is 10.0 Å². The van der Waals surface area contributed by atoms with Gasteiger partial charge in [0.15, 0.2) is 0 Å². The van der Waals surface area contributed by atoms with Gasteiger partial charge < -0.3 is 14.8 Å². The highest BCUT2D eigenvalue weighted by molar-refractivity contribution is 7.89. The van der Waals surface area contributed by atoms with Crippen molar-refractivity contribution in [2.75, 3.05) is 26.1 Å². The molecule has 140 valence electrons. The molecular formula is C18H22N2O5S. The van der Waals surface area contributed by atoms with Gasteiger partial charge in [0.1, 0.15) is 16.4 Å². The molecule has 8 heteroatoms. The van der Waals surface area contributed by atoms with Gasteiger partial charge in [-0.3, -0.25) is 4.79 Å². The Morgan fingerprint density at radius 2 is 1.73 bits per heavy atom. The second-order valence-corrected chi connectivity index (χ2v) is 7.18. The highest BCUT2D eigenvalue weighted by Gasteiger charge is 2.21. The van der Waals surface area contributed by atoms with Gasteiger partial charge in [-0.25, -0.2) is 13.1 Å². The van der Waals surface area contributed by atoms with E-state index in [1.165, 1.54) is 25.3 Å². The minimum atomic E-state index is -3.77. The van der Waals surface area contributed by atoms with Crippen LogP contribution >= 0.6 is 0 Å².